The Bertz CT molecular complexity index is 557. The van der Waals surface area contributed by atoms with Crippen molar-refractivity contribution in [3.05, 3.63) is 42.2 Å². The van der Waals surface area contributed by atoms with E-state index >= 15 is 0 Å². The van der Waals surface area contributed by atoms with Crippen LogP contribution in [-0.2, 0) is 6.54 Å². The maximum absolute atomic E-state index is 4.43. The largest absolute Gasteiger partial charge is 0.295 e. The normalized spacial score (nSPS) is 18.8. The van der Waals surface area contributed by atoms with Gasteiger partial charge in [-0.05, 0) is 51.3 Å². The molecule has 112 valence electrons. The molecule has 1 fully saturated rings. The van der Waals surface area contributed by atoms with E-state index in [9.17, 15) is 0 Å². The maximum atomic E-state index is 4.43. The predicted octanol–water partition coefficient (Wildman–Crippen LogP) is 2.63. The Morgan fingerprint density at radius 3 is 2.67 bits per heavy atom. The van der Waals surface area contributed by atoms with Crippen molar-refractivity contribution in [3.63, 3.8) is 0 Å². The molecule has 2 aromatic heterocycles. The van der Waals surface area contributed by atoms with Crippen LogP contribution in [0.2, 0.25) is 0 Å². The number of aromatic nitrogens is 4. The standard InChI is InChI=1S/C16H23N5/c1-3-21-12-15(10-19-21)14-4-8-20(9-5-14)13(2)16-11-17-6-7-18-16/h6-7,10-14H,3-5,8-9H2,1-2H3/t13-/m1/s1. The Morgan fingerprint density at radius 1 is 1.24 bits per heavy atom. The predicted molar refractivity (Wildman–Crippen MR) is 81.9 cm³/mol. The van der Waals surface area contributed by atoms with Crippen LogP contribution < -0.4 is 0 Å². The maximum Gasteiger partial charge on any atom is 0.0755 e. The summed E-state index contributed by atoms with van der Waals surface area (Å²) in [6.45, 7) is 7.52. The highest BCUT2D eigenvalue weighted by Gasteiger charge is 2.25. The molecule has 3 heterocycles. The molecule has 5 heteroatoms. The van der Waals surface area contributed by atoms with Crippen LogP contribution in [0.5, 0.6) is 0 Å². The van der Waals surface area contributed by atoms with Crippen molar-refractivity contribution in [1.29, 1.82) is 0 Å². The molecule has 0 amide bonds. The molecule has 3 rings (SSSR count). The number of hydrogen-bond donors (Lipinski definition) is 0. The van der Waals surface area contributed by atoms with Crippen molar-refractivity contribution in [3.8, 4) is 0 Å². The van der Waals surface area contributed by atoms with Crippen LogP contribution in [0, 0.1) is 0 Å². The van der Waals surface area contributed by atoms with Crippen molar-refractivity contribution in [2.75, 3.05) is 13.1 Å². The molecule has 5 nitrogen and oxygen atoms in total. The number of rotatable bonds is 4. The molecule has 0 radical (unpaired) electrons. The molecule has 0 saturated carbocycles. The lowest BCUT2D eigenvalue weighted by molar-refractivity contribution is 0.159. The zero-order valence-electron chi connectivity index (χ0n) is 12.8. The summed E-state index contributed by atoms with van der Waals surface area (Å²) in [5.74, 6) is 0.649. The molecule has 0 unspecified atom stereocenters. The number of aryl methyl sites for hydroxylation is 1. The Hall–Kier alpha value is -1.75. The van der Waals surface area contributed by atoms with Crippen LogP contribution in [0.1, 0.15) is 49.9 Å². The van der Waals surface area contributed by atoms with Crippen molar-refractivity contribution < 1.29 is 0 Å². The smallest absolute Gasteiger partial charge is 0.0755 e. The molecule has 0 aromatic carbocycles. The Kier molecular flexibility index (Phi) is 4.29. The first-order chi connectivity index (χ1) is 10.3. The van der Waals surface area contributed by atoms with Crippen LogP contribution in [0.25, 0.3) is 0 Å². The number of nitrogens with zero attached hydrogens (tertiary/aromatic N) is 5. The summed E-state index contributed by atoms with van der Waals surface area (Å²) in [4.78, 5) is 11.1. The fourth-order valence-corrected chi connectivity index (χ4v) is 3.10. The third kappa shape index (κ3) is 3.13. The fraction of sp³-hybridized carbons (Fsp3) is 0.562. The lowest BCUT2D eigenvalue weighted by Crippen LogP contribution is -2.35. The summed E-state index contributed by atoms with van der Waals surface area (Å²) in [6.07, 6.45) is 12.0. The van der Waals surface area contributed by atoms with Crippen molar-refractivity contribution in [2.24, 2.45) is 0 Å². The molecule has 1 saturated heterocycles. The Morgan fingerprint density at radius 2 is 2.05 bits per heavy atom. The average molecular weight is 285 g/mol. The zero-order chi connectivity index (χ0) is 14.7. The van der Waals surface area contributed by atoms with Crippen LogP contribution in [-0.4, -0.2) is 37.7 Å². The topological polar surface area (TPSA) is 46.8 Å². The van der Waals surface area contributed by atoms with Gasteiger partial charge < -0.3 is 0 Å². The lowest BCUT2D eigenvalue weighted by atomic mass is 9.91. The minimum atomic E-state index is 0.345. The highest BCUT2D eigenvalue weighted by atomic mass is 15.3. The van der Waals surface area contributed by atoms with Gasteiger partial charge in [-0.25, -0.2) is 0 Å². The van der Waals surface area contributed by atoms with E-state index in [2.05, 4.69) is 40.0 Å². The van der Waals surface area contributed by atoms with Crippen LogP contribution in [0.4, 0.5) is 0 Å². The zero-order valence-corrected chi connectivity index (χ0v) is 12.8. The van der Waals surface area contributed by atoms with Gasteiger partial charge in [0.05, 0.1) is 17.9 Å². The van der Waals surface area contributed by atoms with Gasteiger partial charge in [-0.15, -0.1) is 0 Å². The third-order valence-corrected chi connectivity index (χ3v) is 4.54. The summed E-state index contributed by atoms with van der Waals surface area (Å²) >= 11 is 0. The highest BCUT2D eigenvalue weighted by molar-refractivity contribution is 5.13. The van der Waals surface area contributed by atoms with Gasteiger partial charge in [0, 0.05) is 31.3 Å². The van der Waals surface area contributed by atoms with Gasteiger partial charge in [0.15, 0.2) is 0 Å². The first-order valence-electron chi connectivity index (χ1n) is 7.80. The Balaban J connectivity index is 1.60. The summed E-state index contributed by atoms with van der Waals surface area (Å²) in [5, 5.41) is 4.40. The fourth-order valence-electron chi connectivity index (χ4n) is 3.10. The molecule has 0 aliphatic carbocycles. The molecule has 0 bridgehead atoms. The molecular weight excluding hydrogens is 262 g/mol. The van der Waals surface area contributed by atoms with Crippen LogP contribution in [0.15, 0.2) is 31.0 Å². The average Bonchev–Trinajstić information content (AvgIpc) is 3.04. The van der Waals surface area contributed by atoms with E-state index in [0.717, 1.165) is 25.3 Å². The van der Waals surface area contributed by atoms with Crippen molar-refractivity contribution in [1.82, 2.24) is 24.6 Å². The second-order valence-corrected chi connectivity index (χ2v) is 5.75. The van der Waals surface area contributed by atoms with E-state index in [-0.39, 0.29) is 0 Å². The highest BCUT2D eigenvalue weighted by Crippen LogP contribution is 2.31. The molecule has 0 N–H and O–H groups in total. The van der Waals surface area contributed by atoms with E-state index in [4.69, 9.17) is 0 Å². The van der Waals surface area contributed by atoms with E-state index < -0.39 is 0 Å². The van der Waals surface area contributed by atoms with Crippen molar-refractivity contribution >= 4 is 0 Å². The van der Waals surface area contributed by atoms with Gasteiger partial charge >= 0.3 is 0 Å². The van der Waals surface area contributed by atoms with E-state index in [1.807, 2.05) is 17.1 Å². The van der Waals surface area contributed by atoms with Gasteiger partial charge in [-0.3, -0.25) is 19.5 Å². The van der Waals surface area contributed by atoms with Gasteiger partial charge in [0.2, 0.25) is 0 Å². The minimum absolute atomic E-state index is 0.345. The molecule has 1 aliphatic rings. The summed E-state index contributed by atoms with van der Waals surface area (Å²) < 4.78 is 2.02. The Labute approximate surface area is 126 Å². The molecular formula is C16H23N5. The SMILES string of the molecule is CCn1cc(C2CCN([C@H](C)c3cnccn3)CC2)cn1. The molecule has 0 spiro atoms. The van der Waals surface area contributed by atoms with Crippen LogP contribution in [0.3, 0.4) is 0 Å². The summed E-state index contributed by atoms with van der Waals surface area (Å²) in [6, 6.07) is 0.345. The van der Waals surface area contributed by atoms with E-state index in [1.54, 1.807) is 12.4 Å². The number of piperidine rings is 1. The van der Waals surface area contributed by atoms with Gasteiger partial charge in [0.25, 0.3) is 0 Å². The first-order valence-corrected chi connectivity index (χ1v) is 7.80. The molecule has 2 aromatic rings. The summed E-state index contributed by atoms with van der Waals surface area (Å²) in [7, 11) is 0. The summed E-state index contributed by atoms with van der Waals surface area (Å²) in [5.41, 5.74) is 2.46. The minimum Gasteiger partial charge on any atom is -0.295 e. The number of hydrogen-bond acceptors (Lipinski definition) is 4. The second kappa shape index (κ2) is 6.35. The third-order valence-electron chi connectivity index (χ3n) is 4.54. The van der Waals surface area contributed by atoms with E-state index in [1.165, 1.54) is 18.4 Å². The monoisotopic (exact) mass is 285 g/mol. The van der Waals surface area contributed by atoms with E-state index in [0.29, 0.717) is 12.0 Å². The second-order valence-electron chi connectivity index (χ2n) is 5.75. The quantitative estimate of drug-likeness (QED) is 0.866. The van der Waals surface area contributed by atoms with Crippen molar-refractivity contribution in [2.45, 2.75) is 45.2 Å². The molecule has 1 aliphatic heterocycles. The van der Waals surface area contributed by atoms with Crippen LogP contribution >= 0.6 is 0 Å². The molecule has 21 heavy (non-hydrogen) atoms. The molecule has 1 atom stereocenters. The first kappa shape index (κ1) is 14.2. The van der Waals surface area contributed by atoms with Gasteiger partial charge in [-0.2, -0.15) is 5.10 Å². The lowest BCUT2D eigenvalue weighted by Gasteiger charge is -2.35. The number of likely N-dealkylation sites (tertiary alicyclic amines) is 1. The van der Waals surface area contributed by atoms with Gasteiger partial charge in [0.1, 0.15) is 0 Å². The van der Waals surface area contributed by atoms with Gasteiger partial charge in [-0.1, -0.05) is 0 Å².